The molecule has 2 rings (SSSR count). The average Bonchev–Trinajstić information content (AvgIpc) is 2.54. The number of hydrogen-bond donors (Lipinski definition) is 2. The first-order chi connectivity index (χ1) is 11.5. The van der Waals surface area contributed by atoms with Gasteiger partial charge in [-0.3, -0.25) is 4.79 Å². The van der Waals surface area contributed by atoms with E-state index in [1.54, 1.807) is 23.1 Å². The highest BCUT2D eigenvalue weighted by Crippen LogP contribution is 2.12. The second-order valence-electron chi connectivity index (χ2n) is 6.52. The number of benzene rings is 1. The van der Waals surface area contributed by atoms with Gasteiger partial charge in [0, 0.05) is 31.6 Å². The van der Waals surface area contributed by atoms with Crippen molar-refractivity contribution in [3.05, 3.63) is 35.6 Å². The summed E-state index contributed by atoms with van der Waals surface area (Å²) in [4.78, 5) is 25.7. The summed E-state index contributed by atoms with van der Waals surface area (Å²) in [6.45, 7) is 5.13. The number of hydrogen-bond acceptors (Lipinski definition) is 2. The van der Waals surface area contributed by atoms with Crippen molar-refractivity contribution in [2.24, 2.45) is 0 Å². The molecule has 6 heteroatoms. The molecule has 0 bridgehead atoms. The molecule has 1 aliphatic heterocycles. The summed E-state index contributed by atoms with van der Waals surface area (Å²) in [6.07, 6.45) is 2.16. The monoisotopic (exact) mass is 335 g/mol. The first-order valence-corrected chi connectivity index (χ1v) is 8.54. The van der Waals surface area contributed by atoms with Crippen LogP contribution in [0.1, 0.15) is 38.7 Å². The lowest BCUT2D eigenvalue weighted by molar-refractivity contribution is -0.122. The van der Waals surface area contributed by atoms with Gasteiger partial charge in [0.2, 0.25) is 5.91 Å². The van der Waals surface area contributed by atoms with Crippen molar-refractivity contribution in [1.29, 1.82) is 0 Å². The number of likely N-dealkylation sites (tertiary alicyclic amines) is 1. The molecule has 1 aromatic rings. The predicted octanol–water partition coefficient (Wildman–Crippen LogP) is 2.46. The van der Waals surface area contributed by atoms with E-state index >= 15 is 0 Å². The maximum atomic E-state index is 13.5. The van der Waals surface area contributed by atoms with Crippen LogP contribution in [0.25, 0.3) is 0 Å². The van der Waals surface area contributed by atoms with Crippen molar-refractivity contribution < 1.29 is 14.0 Å². The highest BCUT2D eigenvalue weighted by atomic mass is 19.1. The van der Waals surface area contributed by atoms with Crippen LogP contribution in [0, 0.1) is 5.82 Å². The van der Waals surface area contributed by atoms with Crippen molar-refractivity contribution in [2.75, 3.05) is 13.1 Å². The Bertz CT molecular complexity index is 569. The summed E-state index contributed by atoms with van der Waals surface area (Å²) in [6, 6.07) is 6.68. The van der Waals surface area contributed by atoms with Crippen LogP contribution in [-0.2, 0) is 11.2 Å². The fourth-order valence-corrected chi connectivity index (χ4v) is 2.81. The van der Waals surface area contributed by atoms with Crippen LogP contribution in [0.15, 0.2) is 24.3 Å². The summed E-state index contributed by atoms with van der Waals surface area (Å²) >= 11 is 0. The topological polar surface area (TPSA) is 61.4 Å². The fourth-order valence-electron chi connectivity index (χ4n) is 2.81. The Morgan fingerprint density at radius 2 is 1.92 bits per heavy atom. The molecule has 0 aliphatic carbocycles. The fraction of sp³-hybridized carbons (Fsp3) is 0.556. The Hall–Kier alpha value is -2.11. The van der Waals surface area contributed by atoms with Gasteiger partial charge in [0.05, 0.1) is 0 Å². The molecule has 24 heavy (non-hydrogen) atoms. The van der Waals surface area contributed by atoms with E-state index < -0.39 is 0 Å². The van der Waals surface area contributed by atoms with Gasteiger partial charge in [0.1, 0.15) is 5.82 Å². The molecule has 2 N–H and O–H groups in total. The maximum absolute atomic E-state index is 13.5. The van der Waals surface area contributed by atoms with Gasteiger partial charge in [0.25, 0.3) is 0 Å². The summed E-state index contributed by atoms with van der Waals surface area (Å²) in [7, 11) is 0. The van der Waals surface area contributed by atoms with Crippen LogP contribution in [0.3, 0.4) is 0 Å². The van der Waals surface area contributed by atoms with Gasteiger partial charge >= 0.3 is 6.03 Å². The standard InChI is InChI=1S/C18H26FN3O2/c1-13(2)20-18(24)22-11-9-15(10-12-22)21-17(23)8-7-14-5-3-4-6-16(14)19/h3-6,13,15H,7-12H2,1-2H3,(H,20,24)(H,21,23). The molecular weight excluding hydrogens is 309 g/mol. The molecule has 1 aliphatic rings. The lowest BCUT2D eigenvalue weighted by Gasteiger charge is -2.33. The number of halogens is 1. The van der Waals surface area contributed by atoms with Gasteiger partial charge in [0.15, 0.2) is 0 Å². The molecule has 1 aromatic carbocycles. The van der Waals surface area contributed by atoms with Gasteiger partial charge in [-0.2, -0.15) is 0 Å². The number of carbonyl (C=O) groups is 2. The zero-order chi connectivity index (χ0) is 17.5. The Labute approximate surface area is 142 Å². The molecule has 0 radical (unpaired) electrons. The van der Waals surface area contributed by atoms with Gasteiger partial charge in [-0.1, -0.05) is 18.2 Å². The van der Waals surface area contributed by atoms with Crippen LogP contribution >= 0.6 is 0 Å². The van der Waals surface area contributed by atoms with Crippen LogP contribution in [0.5, 0.6) is 0 Å². The molecule has 0 spiro atoms. The third-order valence-corrected chi connectivity index (χ3v) is 4.14. The molecule has 0 saturated carbocycles. The smallest absolute Gasteiger partial charge is 0.317 e. The molecule has 3 amide bonds. The first kappa shape index (κ1) is 18.2. The normalized spacial score (nSPS) is 15.4. The highest BCUT2D eigenvalue weighted by molar-refractivity contribution is 5.77. The van der Waals surface area contributed by atoms with E-state index in [-0.39, 0.29) is 36.3 Å². The molecular formula is C18H26FN3O2. The Balaban J connectivity index is 1.70. The van der Waals surface area contributed by atoms with E-state index in [4.69, 9.17) is 0 Å². The van der Waals surface area contributed by atoms with E-state index in [2.05, 4.69) is 10.6 Å². The van der Waals surface area contributed by atoms with Crippen LogP contribution in [0.2, 0.25) is 0 Å². The minimum Gasteiger partial charge on any atom is -0.353 e. The third kappa shape index (κ3) is 5.51. The van der Waals surface area contributed by atoms with Crippen LogP contribution in [0.4, 0.5) is 9.18 Å². The summed E-state index contributed by atoms with van der Waals surface area (Å²) in [5.41, 5.74) is 0.563. The molecule has 1 saturated heterocycles. The Kier molecular flexibility index (Phi) is 6.58. The number of piperidine rings is 1. The molecule has 5 nitrogen and oxygen atoms in total. The number of carbonyl (C=O) groups excluding carboxylic acids is 2. The first-order valence-electron chi connectivity index (χ1n) is 8.54. The molecule has 0 atom stereocenters. The van der Waals surface area contributed by atoms with Gasteiger partial charge in [-0.25, -0.2) is 9.18 Å². The lowest BCUT2D eigenvalue weighted by atomic mass is 10.0. The van der Waals surface area contributed by atoms with E-state index in [1.807, 2.05) is 13.8 Å². The third-order valence-electron chi connectivity index (χ3n) is 4.14. The summed E-state index contributed by atoms with van der Waals surface area (Å²) in [5.74, 6) is -0.335. The van der Waals surface area contributed by atoms with Crippen LogP contribution in [-0.4, -0.2) is 42.0 Å². The minimum absolute atomic E-state index is 0.0469. The van der Waals surface area contributed by atoms with Gasteiger partial charge in [-0.05, 0) is 44.7 Å². The molecule has 0 aromatic heterocycles. The van der Waals surface area contributed by atoms with Gasteiger partial charge < -0.3 is 15.5 Å². The molecule has 1 heterocycles. The number of amides is 3. The zero-order valence-electron chi connectivity index (χ0n) is 14.3. The van der Waals surface area contributed by atoms with Crippen molar-refractivity contribution in [1.82, 2.24) is 15.5 Å². The van der Waals surface area contributed by atoms with Crippen LogP contribution < -0.4 is 10.6 Å². The van der Waals surface area contributed by atoms with E-state index in [0.717, 1.165) is 12.8 Å². The number of nitrogens with zero attached hydrogens (tertiary/aromatic N) is 1. The largest absolute Gasteiger partial charge is 0.353 e. The van der Waals surface area contributed by atoms with Crippen molar-refractivity contribution >= 4 is 11.9 Å². The number of urea groups is 1. The quantitative estimate of drug-likeness (QED) is 0.868. The van der Waals surface area contributed by atoms with Gasteiger partial charge in [-0.15, -0.1) is 0 Å². The van der Waals surface area contributed by atoms with E-state index in [1.165, 1.54) is 6.07 Å². The highest BCUT2D eigenvalue weighted by Gasteiger charge is 2.24. The summed E-state index contributed by atoms with van der Waals surface area (Å²) in [5, 5.41) is 5.87. The lowest BCUT2D eigenvalue weighted by Crippen LogP contribution is -2.50. The van der Waals surface area contributed by atoms with Crippen molar-refractivity contribution in [2.45, 2.75) is 51.6 Å². The number of nitrogens with one attached hydrogen (secondary N) is 2. The zero-order valence-corrected chi connectivity index (χ0v) is 14.3. The second-order valence-corrected chi connectivity index (χ2v) is 6.52. The Morgan fingerprint density at radius 3 is 2.54 bits per heavy atom. The predicted molar refractivity (Wildman–Crippen MR) is 91.1 cm³/mol. The maximum Gasteiger partial charge on any atom is 0.317 e. The molecule has 132 valence electrons. The molecule has 1 fully saturated rings. The molecule has 0 unspecified atom stereocenters. The van der Waals surface area contributed by atoms with E-state index in [0.29, 0.717) is 25.1 Å². The number of rotatable bonds is 5. The number of aryl methyl sites for hydroxylation is 1. The SMILES string of the molecule is CC(C)NC(=O)N1CCC(NC(=O)CCc2ccccc2F)CC1. The van der Waals surface area contributed by atoms with E-state index in [9.17, 15) is 14.0 Å². The van der Waals surface area contributed by atoms with Crippen molar-refractivity contribution in [3.8, 4) is 0 Å². The summed E-state index contributed by atoms with van der Waals surface area (Å²) < 4.78 is 13.5. The average molecular weight is 335 g/mol. The second kappa shape index (κ2) is 8.66. The Morgan fingerprint density at radius 1 is 1.25 bits per heavy atom. The minimum atomic E-state index is -0.269. The van der Waals surface area contributed by atoms with Crippen molar-refractivity contribution in [3.63, 3.8) is 0 Å².